The lowest BCUT2D eigenvalue weighted by Gasteiger charge is -2.32. The first kappa shape index (κ1) is 48.6. The Morgan fingerprint density at radius 2 is 1.26 bits per heavy atom. The van der Waals surface area contributed by atoms with Gasteiger partial charge in [0.05, 0.1) is 6.04 Å². The second-order valence-corrected chi connectivity index (χ2v) is 16.5. The third kappa shape index (κ3) is 13.2. The Morgan fingerprint density at radius 3 is 1.81 bits per heavy atom. The number of carbonyl (C=O) groups excluding carboxylic acids is 6. The molecule has 0 bridgehead atoms. The van der Waals surface area contributed by atoms with Crippen molar-refractivity contribution in [3.05, 3.63) is 65.7 Å². The van der Waals surface area contributed by atoms with Crippen LogP contribution in [-0.4, -0.2) is 128 Å². The summed E-state index contributed by atoms with van der Waals surface area (Å²) in [6.07, 6.45) is 1.29. The molecule has 2 aromatic rings. The Labute approximate surface area is 361 Å². The van der Waals surface area contributed by atoms with Crippen LogP contribution in [0.15, 0.2) is 54.6 Å². The van der Waals surface area contributed by atoms with Gasteiger partial charge >= 0.3 is 11.9 Å². The number of amides is 6. The van der Waals surface area contributed by atoms with E-state index in [1.54, 1.807) is 70.2 Å². The topological polar surface area (TPSA) is 278 Å². The number of carboxylic acids is 2. The Bertz CT molecular complexity index is 1910. The molecule has 7 unspecified atom stereocenters. The average molecular weight is 864 g/mol. The fourth-order valence-electron chi connectivity index (χ4n) is 7.83. The molecule has 2 heterocycles. The maximum Gasteiger partial charge on any atom is 0.326 e. The van der Waals surface area contributed by atoms with E-state index in [0.29, 0.717) is 31.2 Å². The first-order valence-electron chi connectivity index (χ1n) is 21.3. The maximum atomic E-state index is 14.2. The number of nitrogens with zero attached hydrogens (tertiary/aromatic N) is 2. The fraction of sp³-hybridized carbons (Fsp3) is 0.545. The number of benzene rings is 2. The molecule has 62 heavy (non-hydrogen) atoms. The molecule has 18 nitrogen and oxygen atoms in total. The minimum Gasteiger partial charge on any atom is -0.508 e. The predicted molar refractivity (Wildman–Crippen MR) is 226 cm³/mol. The summed E-state index contributed by atoms with van der Waals surface area (Å²) in [5.41, 5.74) is 7.71. The number of aromatic hydroxyl groups is 1. The summed E-state index contributed by atoms with van der Waals surface area (Å²) < 4.78 is 0. The highest BCUT2D eigenvalue weighted by atomic mass is 16.4. The maximum absolute atomic E-state index is 14.2. The molecule has 6 amide bonds. The Hall–Kier alpha value is -6.04. The molecular formula is C44H61N7O11. The van der Waals surface area contributed by atoms with Gasteiger partial charge in [-0.3, -0.25) is 33.6 Å². The highest BCUT2D eigenvalue weighted by Crippen LogP contribution is 2.23. The molecule has 4 rings (SSSR count). The van der Waals surface area contributed by atoms with E-state index < -0.39 is 108 Å². The Balaban J connectivity index is 1.51. The molecule has 0 radical (unpaired) electrons. The number of carboxylic acid groups (broad SMARTS) is 2. The minimum atomic E-state index is -1.42. The van der Waals surface area contributed by atoms with Crippen molar-refractivity contribution < 1.29 is 53.7 Å². The largest absolute Gasteiger partial charge is 0.508 e. The molecule has 18 heteroatoms. The van der Waals surface area contributed by atoms with Crippen molar-refractivity contribution in [3.63, 3.8) is 0 Å². The standard InChI is InChI=1S/C44H61N7O11/c1-5-26(4)37(44(61)62)49-40(57)34-14-10-22-51(34)43(60)31(19-20-35(53)54)46-41(58)36(25(2)3)48-38(55)32(24-27-11-7-6-8-12-27)47-39(56)33-13-9-21-50(33)42(59)30(45)23-28-15-17-29(52)18-16-28/h6-8,11-12,15-18,25-26,30-34,36-37,52H,5,9-10,13-14,19-24,45H2,1-4H3,(H,46,58)(H,47,56)(H,48,55)(H,49,57)(H,53,54)(H,61,62)/t26?,30-,31?,32?,33?,34?,36?,37?/m0/s1. The average Bonchev–Trinajstić information content (AvgIpc) is 3.94. The molecule has 2 fully saturated rings. The second-order valence-electron chi connectivity index (χ2n) is 16.5. The lowest BCUT2D eigenvalue weighted by molar-refractivity contribution is -0.146. The number of carbonyl (C=O) groups is 8. The van der Waals surface area contributed by atoms with Gasteiger partial charge in [-0.05, 0) is 73.6 Å². The number of rotatable bonds is 21. The third-order valence-electron chi connectivity index (χ3n) is 11.6. The van der Waals surface area contributed by atoms with Crippen LogP contribution in [0, 0.1) is 11.8 Å². The zero-order chi connectivity index (χ0) is 45.7. The van der Waals surface area contributed by atoms with Crippen molar-refractivity contribution in [1.29, 1.82) is 0 Å². The molecule has 0 saturated carbocycles. The molecule has 2 aliphatic rings. The molecule has 0 aliphatic carbocycles. The number of phenolic OH excluding ortho intramolecular Hbond substituents is 1. The third-order valence-corrected chi connectivity index (χ3v) is 11.6. The van der Waals surface area contributed by atoms with Crippen molar-refractivity contribution in [2.45, 2.75) is 128 Å². The van der Waals surface area contributed by atoms with Gasteiger partial charge in [-0.2, -0.15) is 0 Å². The van der Waals surface area contributed by atoms with E-state index >= 15 is 0 Å². The molecule has 9 N–H and O–H groups in total. The minimum absolute atomic E-state index is 0.0176. The first-order valence-corrected chi connectivity index (χ1v) is 21.3. The highest BCUT2D eigenvalue weighted by Gasteiger charge is 2.42. The zero-order valence-corrected chi connectivity index (χ0v) is 35.7. The summed E-state index contributed by atoms with van der Waals surface area (Å²) in [6, 6.07) is 7.09. The van der Waals surface area contributed by atoms with Gasteiger partial charge < -0.3 is 52.1 Å². The second kappa shape index (κ2) is 22.7. The lowest BCUT2D eigenvalue weighted by Crippen LogP contribution is -2.61. The van der Waals surface area contributed by atoms with Gasteiger partial charge in [0, 0.05) is 25.9 Å². The van der Waals surface area contributed by atoms with E-state index in [4.69, 9.17) is 5.73 Å². The van der Waals surface area contributed by atoms with Crippen LogP contribution in [0.25, 0.3) is 0 Å². The number of hydrogen-bond acceptors (Lipinski definition) is 10. The summed E-state index contributed by atoms with van der Waals surface area (Å²) in [4.78, 5) is 109. The number of hydrogen-bond donors (Lipinski definition) is 8. The summed E-state index contributed by atoms with van der Waals surface area (Å²) >= 11 is 0. The van der Waals surface area contributed by atoms with Crippen molar-refractivity contribution in [3.8, 4) is 5.75 Å². The molecule has 2 aromatic carbocycles. The monoisotopic (exact) mass is 863 g/mol. The van der Waals surface area contributed by atoms with Crippen LogP contribution in [0.2, 0.25) is 0 Å². The van der Waals surface area contributed by atoms with Crippen LogP contribution in [0.4, 0.5) is 0 Å². The van der Waals surface area contributed by atoms with Crippen LogP contribution in [0.5, 0.6) is 5.75 Å². The van der Waals surface area contributed by atoms with E-state index in [1.807, 2.05) is 0 Å². The van der Waals surface area contributed by atoms with Crippen molar-refractivity contribution in [2.24, 2.45) is 17.6 Å². The highest BCUT2D eigenvalue weighted by molar-refractivity contribution is 5.97. The quantitative estimate of drug-likeness (QED) is 0.0876. The number of nitrogens with one attached hydrogen (secondary N) is 4. The summed E-state index contributed by atoms with van der Waals surface area (Å²) in [6.45, 7) is 7.16. The van der Waals surface area contributed by atoms with Crippen molar-refractivity contribution >= 4 is 47.4 Å². The number of likely N-dealkylation sites (tertiary alicyclic amines) is 2. The van der Waals surface area contributed by atoms with Crippen LogP contribution in [0.1, 0.15) is 83.8 Å². The van der Waals surface area contributed by atoms with Gasteiger partial charge in [-0.1, -0.05) is 76.6 Å². The molecule has 8 atom stereocenters. The summed E-state index contributed by atoms with van der Waals surface area (Å²) in [5.74, 6) is -7.32. The molecular weight excluding hydrogens is 803 g/mol. The van der Waals surface area contributed by atoms with E-state index in [2.05, 4.69) is 21.3 Å². The molecule has 2 aliphatic heterocycles. The smallest absolute Gasteiger partial charge is 0.326 e. The van der Waals surface area contributed by atoms with Crippen LogP contribution in [-0.2, 0) is 51.2 Å². The molecule has 2 saturated heterocycles. The fourth-order valence-corrected chi connectivity index (χ4v) is 7.83. The Kier molecular flexibility index (Phi) is 17.8. The van der Waals surface area contributed by atoms with Crippen molar-refractivity contribution in [1.82, 2.24) is 31.1 Å². The molecule has 338 valence electrons. The van der Waals surface area contributed by atoms with Crippen LogP contribution >= 0.6 is 0 Å². The van der Waals surface area contributed by atoms with Gasteiger partial charge in [0.25, 0.3) is 0 Å². The van der Waals surface area contributed by atoms with E-state index in [1.165, 1.54) is 21.9 Å². The molecule has 0 spiro atoms. The van der Waals surface area contributed by atoms with E-state index in [-0.39, 0.29) is 44.5 Å². The number of nitrogens with two attached hydrogens (primary N) is 1. The zero-order valence-electron chi connectivity index (χ0n) is 35.7. The van der Waals surface area contributed by atoms with Gasteiger partial charge in [-0.15, -0.1) is 0 Å². The van der Waals surface area contributed by atoms with Gasteiger partial charge in [0.1, 0.15) is 42.0 Å². The summed E-state index contributed by atoms with van der Waals surface area (Å²) in [5, 5.41) is 39.5. The summed E-state index contributed by atoms with van der Waals surface area (Å²) in [7, 11) is 0. The van der Waals surface area contributed by atoms with Crippen LogP contribution < -0.4 is 27.0 Å². The SMILES string of the molecule is CCC(C)C(NC(=O)C1CCCN1C(=O)C(CCC(=O)O)NC(=O)C(NC(=O)C(Cc1ccccc1)NC(=O)C1CCCN1C(=O)[C@@H](N)Cc1ccc(O)cc1)C(C)C)C(=O)O. The number of phenols is 1. The Morgan fingerprint density at radius 1 is 0.694 bits per heavy atom. The van der Waals surface area contributed by atoms with Crippen molar-refractivity contribution in [2.75, 3.05) is 13.1 Å². The van der Waals surface area contributed by atoms with Gasteiger partial charge in [0.15, 0.2) is 0 Å². The number of aliphatic carboxylic acids is 2. The van der Waals surface area contributed by atoms with Crippen LogP contribution in [0.3, 0.4) is 0 Å². The van der Waals surface area contributed by atoms with Gasteiger partial charge in [0.2, 0.25) is 35.4 Å². The normalized spacial score (nSPS) is 19.1. The lowest BCUT2D eigenvalue weighted by atomic mass is 9.98. The first-order chi connectivity index (χ1) is 29.4. The predicted octanol–water partition coefficient (Wildman–Crippen LogP) is 1.08. The van der Waals surface area contributed by atoms with Gasteiger partial charge in [-0.25, -0.2) is 4.79 Å². The van der Waals surface area contributed by atoms with E-state index in [0.717, 1.165) is 5.56 Å². The van der Waals surface area contributed by atoms with E-state index in [9.17, 15) is 53.7 Å². The molecule has 0 aromatic heterocycles.